The van der Waals surface area contributed by atoms with Gasteiger partial charge >= 0.3 is 0 Å². The Kier molecular flexibility index (Phi) is 10.9. The smallest absolute Gasteiger partial charge is 0.251 e. The number of hydrogen-bond acceptors (Lipinski definition) is 12. The Labute approximate surface area is 324 Å². The first kappa shape index (κ1) is 36.6. The molecular formula is C42H42N12O2. The van der Waals surface area contributed by atoms with Gasteiger partial charge in [-0.15, -0.1) is 0 Å². The highest BCUT2D eigenvalue weighted by Gasteiger charge is 2.21. The quantitative estimate of drug-likeness (QED) is 0.194. The van der Waals surface area contributed by atoms with Crippen molar-refractivity contribution in [3.63, 3.8) is 0 Å². The second kappa shape index (κ2) is 16.6. The van der Waals surface area contributed by atoms with Crippen LogP contribution in [0.2, 0.25) is 0 Å². The fraction of sp³-hybridized carbons (Fsp3) is 0.238. The Morgan fingerprint density at radius 1 is 0.446 bits per heavy atom. The summed E-state index contributed by atoms with van der Waals surface area (Å²) in [7, 11) is 0. The minimum absolute atomic E-state index is 0.287. The van der Waals surface area contributed by atoms with Gasteiger partial charge < -0.3 is 22.1 Å². The van der Waals surface area contributed by atoms with Crippen molar-refractivity contribution in [2.75, 3.05) is 26.2 Å². The lowest BCUT2D eigenvalue weighted by atomic mass is 10.1. The third-order valence-electron chi connectivity index (χ3n) is 9.47. The monoisotopic (exact) mass is 746 g/mol. The Morgan fingerprint density at radius 2 is 0.750 bits per heavy atom. The molecule has 0 atom stereocenters. The molecule has 14 heteroatoms. The van der Waals surface area contributed by atoms with Gasteiger partial charge in [-0.2, -0.15) is 0 Å². The zero-order chi connectivity index (χ0) is 38.4. The summed E-state index contributed by atoms with van der Waals surface area (Å²) >= 11 is 0. The third-order valence-corrected chi connectivity index (χ3v) is 9.47. The van der Waals surface area contributed by atoms with Gasteiger partial charge in [0.2, 0.25) is 0 Å². The molecule has 6 aromatic rings. The van der Waals surface area contributed by atoms with Gasteiger partial charge in [-0.1, -0.05) is 24.3 Å². The number of hydrogen-bond donors (Lipinski definition) is 4. The van der Waals surface area contributed by atoms with E-state index < -0.39 is 0 Å². The van der Waals surface area contributed by atoms with Crippen molar-refractivity contribution in [1.82, 2.24) is 50.3 Å². The fourth-order valence-corrected chi connectivity index (χ4v) is 6.99. The summed E-state index contributed by atoms with van der Waals surface area (Å²) in [5.74, 6) is -0.573. The highest BCUT2D eigenvalue weighted by Crippen LogP contribution is 2.26. The average molecular weight is 747 g/mol. The van der Waals surface area contributed by atoms with Gasteiger partial charge in [0, 0.05) is 76.6 Å². The van der Waals surface area contributed by atoms with Gasteiger partial charge in [-0.25, -0.2) is 29.9 Å². The molecule has 56 heavy (non-hydrogen) atoms. The van der Waals surface area contributed by atoms with Crippen molar-refractivity contribution in [2.24, 2.45) is 11.5 Å². The van der Waals surface area contributed by atoms with E-state index in [1.807, 2.05) is 72.8 Å². The van der Waals surface area contributed by atoms with Crippen molar-refractivity contribution in [2.45, 2.75) is 39.3 Å². The van der Waals surface area contributed by atoms with Crippen LogP contribution in [0.5, 0.6) is 0 Å². The van der Waals surface area contributed by atoms with Crippen molar-refractivity contribution >= 4 is 11.8 Å². The maximum atomic E-state index is 13.6. The molecule has 0 aliphatic carbocycles. The lowest BCUT2D eigenvalue weighted by molar-refractivity contribution is 0.0946. The van der Waals surface area contributed by atoms with Crippen LogP contribution in [0, 0.1) is 0 Å². The van der Waals surface area contributed by atoms with Crippen LogP contribution in [0.3, 0.4) is 0 Å². The SMILES string of the molecule is NCCNC(=O)c1cc2nc(c1)-c1cc(C(=O)NCCN)cc(n1)CN1Cc3cccc(n3)-c3cccc(n3)CN(Cc3cccc(n3)-c3cccc(n3)C1)C2. The van der Waals surface area contributed by atoms with E-state index >= 15 is 0 Å². The van der Waals surface area contributed by atoms with E-state index in [0.29, 0.717) is 99.4 Å². The second-order valence-electron chi connectivity index (χ2n) is 13.9. The average Bonchev–Trinajstić information content (AvgIpc) is 3.21. The number of rotatable bonds is 6. The summed E-state index contributed by atoms with van der Waals surface area (Å²) in [6.45, 7) is 3.66. The van der Waals surface area contributed by atoms with Crippen LogP contribution >= 0.6 is 0 Å². The molecule has 3 aliphatic heterocycles. The largest absolute Gasteiger partial charge is 0.351 e. The summed E-state index contributed by atoms with van der Waals surface area (Å²) < 4.78 is 0. The van der Waals surface area contributed by atoms with Crippen LogP contribution in [0.1, 0.15) is 54.9 Å². The number of pyridine rings is 6. The van der Waals surface area contributed by atoms with Crippen LogP contribution in [-0.2, 0) is 39.3 Å². The minimum Gasteiger partial charge on any atom is -0.351 e. The zero-order valence-corrected chi connectivity index (χ0v) is 30.9. The van der Waals surface area contributed by atoms with E-state index in [0.717, 1.165) is 45.6 Å². The molecule has 0 fully saturated rings. The van der Waals surface area contributed by atoms with E-state index in [1.165, 1.54) is 0 Å². The van der Waals surface area contributed by atoms with Crippen LogP contribution in [-0.4, -0.2) is 77.7 Å². The lowest BCUT2D eigenvalue weighted by Gasteiger charge is -2.24. The standard InChI is InChI=1S/C42H42N12O2/c43-13-15-45-41(55)27-17-33-25-53-21-29-5-1-9-35(47-29)36-10-2-6-30(48-36)23-54(24-32-8-4-12-38(50-32)37-11-3-7-31(22-53)49-37)26-34-18-28(42(56)46-16-14-44)20-40(52-34)39(19-27)51-33/h1-12,17-20H,13-16,21-26,43-44H2,(H,45,55)(H,46,56). The van der Waals surface area contributed by atoms with Crippen LogP contribution in [0.4, 0.5) is 0 Å². The molecule has 9 heterocycles. The molecule has 0 unspecified atom stereocenters. The molecule has 0 spiro atoms. The number of amides is 2. The zero-order valence-electron chi connectivity index (χ0n) is 30.9. The number of carbonyl (C=O) groups excluding carboxylic acids is 2. The topological polar surface area (TPSA) is 194 Å². The second-order valence-corrected chi connectivity index (χ2v) is 13.9. The van der Waals surface area contributed by atoms with E-state index in [2.05, 4.69) is 20.4 Å². The van der Waals surface area contributed by atoms with Gasteiger partial charge in [0.25, 0.3) is 11.8 Å². The van der Waals surface area contributed by atoms with E-state index in [9.17, 15) is 9.59 Å². The molecule has 6 aromatic heterocycles. The molecule has 0 saturated carbocycles. The molecule has 0 aromatic carbocycles. The summed E-state index contributed by atoms with van der Waals surface area (Å²) in [5, 5.41) is 5.79. The number of nitrogens with one attached hydrogen (secondary N) is 2. The van der Waals surface area contributed by atoms with Gasteiger partial charge in [0.05, 0.1) is 68.3 Å². The number of nitrogens with zero attached hydrogens (tertiary/aromatic N) is 8. The van der Waals surface area contributed by atoms with Gasteiger partial charge in [-0.3, -0.25) is 19.4 Å². The minimum atomic E-state index is -0.287. The summed E-state index contributed by atoms with van der Waals surface area (Å²) in [6, 6.07) is 30.9. The molecular weight excluding hydrogens is 705 g/mol. The highest BCUT2D eigenvalue weighted by molar-refractivity contribution is 5.96. The third kappa shape index (κ3) is 8.64. The first-order valence-electron chi connectivity index (χ1n) is 18.7. The summed E-state index contributed by atoms with van der Waals surface area (Å²) in [4.78, 5) is 62.0. The molecule has 14 nitrogen and oxygen atoms in total. The Morgan fingerprint density at radius 3 is 1.07 bits per heavy atom. The lowest BCUT2D eigenvalue weighted by Crippen LogP contribution is -2.30. The number of aromatic nitrogens is 6. The van der Waals surface area contributed by atoms with E-state index in [-0.39, 0.29) is 11.8 Å². The molecule has 3 aliphatic rings. The Balaban J connectivity index is 1.36. The van der Waals surface area contributed by atoms with Crippen molar-refractivity contribution in [3.8, 4) is 34.2 Å². The number of nitrogens with two attached hydrogens (primary N) is 2. The molecule has 14 bridgehead atoms. The van der Waals surface area contributed by atoms with Gasteiger partial charge in [-0.05, 0) is 72.8 Å². The molecule has 282 valence electrons. The van der Waals surface area contributed by atoms with Crippen molar-refractivity contribution in [3.05, 3.63) is 142 Å². The van der Waals surface area contributed by atoms with Crippen LogP contribution < -0.4 is 22.1 Å². The summed E-state index contributed by atoms with van der Waals surface area (Å²) in [5.41, 5.74) is 20.8. The molecule has 0 saturated heterocycles. The normalized spacial score (nSPS) is 16.0. The van der Waals surface area contributed by atoms with Crippen molar-refractivity contribution < 1.29 is 9.59 Å². The highest BCUT2D eigenvalue weighted by atomic mass is 16.2. The Bertz CT molecular complexity index is 2140. The van der Waals surface area contributed by atoms with Crippen molar-refractivity contribution in [1.29, 1.82) is 0 Å². The van der Waals surface area contributed by atoms with Crippen LogP contribution in [0.15, 0.2) is 97.1 Å². The predicted molar refractivity (Wildman–Crippen MR) is 211 cm³/mol. The van der Waals surface area contributed by atoms with Gasteiger partial charge in [0.1, 0.15) is 0 Å². The van der Waals surface area contributed by atoms with E-state index in [4.69, 9.17) is 41.4 Å². The predicted octanol–water partition coefficient (Wildman–Crippen LogP) is 3.47. The molecule has 9 rings (SSSR count). The molecule has 0 radical (unpaired) electrons. The first-order valence-corrected chi connectivity index (χ1v) is 18.7. The maximum absolute atomic E-state index is 13.6. The van der Waals surface area contributed by atoms with E-state index in [1.54, 1.807) is 24.3 Å². The van der Waals surface area contributed by atoms with Crippen LogP contribution in [0.25, 0.3) is 34.2 Å². The number of carbonyl (C=O) groups is 2. The van der Waals surface area contributed by atoms with Gasteiger partial charge in [0.15, 0.2) is 0 Å². The summed E-state index contributed by atoms with van der Waals surface area (Å²) in [6.07, 6.45) is 0. The Hall–Kier alpha value is -6.32. The fourth-order valence-electron chi connectivity index (χ4n) is 6.99. The first-order chi connectivity index (χ1) is 27.4. The molecule has 6 N–H and O–H groups in total. The maximum Gasteiger partial charge on any atom is 0.251 e. The molecule has 2 amide bonds.